The fraction of sp³-hybridized carbons (Fsp3) is 0.385. The number of urea groups is 1. The molecule has 120 valence electrons. The van der Waals surface area contributed by atoms with E-state index in [1.165, 1.54) is 17.0 Å². The Morgan fingerprint density at radius 2 is 2.14 bits per heavy atom. The van der Waals surface area contributed by atoms with Crippen molar-refractivity contribution in [3.05, 3.63) is 24.3 Å². The molecule has 0 unspecified atom stereocenters. The van der Waals surface area contributed by atoms with Gasteiger partial charge in [-0.15, -0.1) is 13.2 Å². The van der Waals surface area contributed by atoms with Gasteiger partial charge in [0.1, 0.15) is 5.75 Å². The van der Waals surface area contributed by atoms with Crippen LogP contribution in [0.2, 0.25) is 0 Å². The summed E-state index contributed by atoms with van der Waals surface area (Å²) in [5.74, 6) is -0.409. The molecule has 2 rings (SSSR count). The third-order valence-electron chi connectivity index (χ3n) is 2.81. The highest BCUT2D eigenvalue weighted by Gasteiger charge is 2.36. The van der Waals surface area contributed by atoms with Gasteiger partial charge in [-0.2, -0.15) is 0 Å². The highest BCUT2D eigenvalue weighted by atomic mass is 32.1. The lowest BCUT2D eigenvalue weighted by molar-refractivity contribution is -0.274. The summed E-state index contributed by atoms with van der Waals surface area (Å²) in [7, 11) is 0. The van der Waals surface area contributed by atoms with E-state index < -0.39 is 18.1 Å². The zero-order valence-electron chi connectivity index (χ0n) is 11.8. The molecule has 0 radical (unpaired) electrons. The molecular weight excluding hydrogens is 319 g/mol. The van der Waals surface area contributed by atoms with Gasteiger partial charge in [-0.25, -0.2) is 4.79 Å². The third-order valence-corrected chi connectivity index (χ3v) is 3.13. The molecule has 0 aromatic heterocycles. The van der Waals surface area contributed by atoms with Gasteiger partial charge in [-0.1, -0.05) is 6.07 Å². The first-order valence-corrected chi connectivity index (χ1v) is 6.73. The van der Waals surface area contributed by atoms with Crippen LogP contribution in [0.1, 0.15) is 13.8 Å². The van der Waals surface area contributed by atoms with Crippen molar-refractivity contribution in [3.63, 3.8) is 0 Å². The first-order chi connectivity index (χ1) is 10.1. The van der Waals surface area contributed by atoms with Crippen LogP contribution in [-0.2, 0) is 0 Å². The number of carbonyl (C=O) groups is 1. The SMILES string of the molecule is CC1(C)CN(C(=O)Nc2cccc(OC(F)(F)F)c2)C(=S)N1. The Balaban J connectivity index is 2.06. The minimum Gasteiger partial charge on any atom is -0.406 e. The molecule has 1 aromatic carbocycles. The highest BCUT2D eigenvalue weighted by Crippen LogP contribution is 2.25. The van der Waals surface area contributed by atoms with E-state index in [2.05, 4.69) is 15.4 Å². The Labute approximate surface area is 130 Å². The minimum absolute atomic E-state index is 0.180. The van der Waals surface area contributed by atoms with E-state index in [1.807, 2.05) is 13.8 Å². The lowest BCUT2D eigenvalue weighted by atomic mass is 10.1. The standard InChI is InChI=1S/C13H14F3N3O2S/c1-12(2)7-19(11(22)18-12)10(20)17-8-4-3-5-9(6-8)21-13(14,15)16/h3-6H,7H2,1-2H3,(H,17,20)(H,18,22). The number of ether oxygens (including phenoxy) is 1. The number of halogens is 3. The van der Waals surface area contributed by atoms with Gasteiger partial charge in [-0.3, -0.25) is 4.90 Å². The van der Waals surface area contributed by atoms with E-state index in [1.54, 1.807) is 0 Å². The molecule has 0 aliphatic carbocycles. The van der Waals surface area contributed by atoms with Crippen LogP contribution in [0.3, 0.4) is 0 Å². The second-order valence-electron chi connectivity index (χ2n) is 5.41. The van der Waals surface area contributed by atoms with E-state index in [0.29, 0.717) is 6.54 Å². The maximum Gasteiger partial charge on any atom is 0.573 e. The Kier molecular flexibility index (Phi) is 4.19. The molecule has 2 amide bonds. The second kappa shape index (κ2) is 5.64. The minimum atomic E-state index is -4.78. The van der Waals surface area contributed by atoms with Gasteiger partial charge in [0, 0.05) is 11.8 Å². The normalized spacial score (nSPS) is 17.1. The van der Waals surface area contributed by atoms with Gasteiger partial charge in [0.2, 0.25) is 0 Å². The lowest BCUT2D eigenvalue weighted by Gasteiger charge is -2.18. The van der Waals surface area contributed by atoms with Crippen LogP contribution in [0.25, 0.3) is 0 Å². The fourth-order valence-corrected chi connectivity index (χ4v) is 2.41. The summed E-state index contributed by atoms with van der Waals surface area (Å²) in [5.41, 5.74) is -0.172. The Hall–Kier alpha value is -2.03. The third kappa shape index (κ3) is 4.23. The predicted octanol–water partition coefficient (Wildman–Crippen LogP) is 3.09. The van der Waals surface area contributed by atoms with Gasteiger partial charge in [-0.05, 0) is 38.2 Å². The number of thiocarbonyl (C=S) groups is 1. The predicted molar refractivity (Wildman–Crippen MR) is 78.7 cm³/mol. The first kappa shape index (κ1) is 16.3. The Morgan fingerprint density at radius 3 is 2.68 bits per heavy atom. The number of alkyl halides is 3. The van der Waals surface area contributed by atoms with Gasteiger partial charge in [0.05, 0.1) is 12.1 Å². The van der Waals surface area contributed by atoms with E-state index in [0.717, 1.165) is 12.1 Å². The van der Waals surface area contributed by atoms with Gasteiger partial charge in [0.15, 0.2) is 5.11 Å². The fourth-order valence-electron chi connectivity index (χ4n) is 1.99. The number of nitrogens with zero attached hydrogens (tertiary/aromatic N) is 1. The van der Waals surface area contributed by atoms with Crippen molar-refractivity contribution in [2.24, 2.45) is 0 Å². The summed E-state index contributed by atoms with van der Waals surface area (Å²) < 4.78 is 40.3. The number of hydrogen-bond donors (Lipinski definition) is 2. The van der Waals surface area contributed by atoms with Crippen molar-refractivity contribution in [3.8, 4) is 5.75 Å². The Bertz CT molecular complexity index is 604. The molecule has 0 saturated carbocycles. The molecule has 1 heterocycles. The van der Waals surface area contributed by atoms with Crippen molar-refractivity contribution in [1.82, 2.24) is 10.2 Å². The molecule has 2 N–H and O–H groups in total. The molecule has 1 saturated heterocycles. The summed E-state index contributed by atoms with van der Waals surface area (Å²) >= 11 is 5.06. The van der Waals surface area contributed by atoms with Gasteiger partial charge >= 0.3 is 12.4 Å². The van der Waals surface area contributed by atoms with Crippen LogP contribution < -0.4 is 15.4 Å². The molecule has 0 spiro atoms. The number of nitrogens with one attached hydrogen (secondary N) is 2. The van der Waals surface area contributed by atoms with Crippen molar-refractivity contribution in [2.75, 3.05) is 11.9 Å². The zero-order chi connectivity index (χ0) is 16.5. The summed E-state index contributed by atoms with van der Waals surface area (Å²) in [6.45, 7) is 4.12. The Morgan fingerprint density at radius 1 is 1.45 bits per heavy atom. The van der Waals surface area contributed by atoms with Crippen LogP contribution in [0.4, 0.5) is 23.7 Å². The molecule has 9 heteroatoms. The van der Waals surface area contributed by atoms with Crippen LogP contribution in [-0.4, -0.2) is 34.5 Å². The molecule has 0 atom stereocenters. The first-order valence-electron chi connectivity index (χ1n) is 6.32. The van der Waals surface area contributed by atoms with Crippen LogP contribution in [0.5, 0.6) is 5.75 Å². The molecule has 1 aliphatic rings. The van der Waals surface area contributed by atoms with Gasteiger partial charge < -0.3 is 15.4 Å². The second-order valence-corrected chi connectivity index (χ2v) is 5.79. The highest BCUT2D eigenvalue weighted by molar-refractivity contribution is 7.80. The molecule has 1 fully saturated rings. The van der Waals surface area contributed by atoms with Gasteiger partial charge in [0.25, 0.3) is 0 Å². The van der Waals surface area contributed by atoms with Crippen molar-refractivity contribution in [2.45, 2.75) is 25.7 Å². The van der Waals surface area contributed by atoms with Crippen molar-refractivity contribution in [1.29, 1.82) is 0 Å². The molecule has 1 aromatic rings. The maximum atomic E-state index is 12.2. The average Bonchev–Trinajstić information content (AvgIpc) is 2.61. The lowest BCUT2D eigenvalue weighted by Crippen LogP contribution is -2.37. The van der Waals surface area contributed by atoms with Crippen LogP contribution in [0, 0.1) is 0 Å². The number of anilines is 1. The average molecular weight is 333 g/mol. The number of hydrogen-bond acceptors (Lipinski definition) is 3. The zero-order valence-corrected chi connectivity index (χ0v) is 12.6. The molecule has 5 nitrogen and oxygen atoms in total. The number of amides is 2. The summed E-state index contributed by atoms with van der Waals surface area (Å²) in [4.78, 5) is 13.4. The van der Waals surface area contributed by atoms with E-state index in [-0.39, 0.29) is 16.3 Å². The monoisotopic (exact) mass is 333 g/mol. The van der Waals surface area contributed by atoms with E-state index in [4.69, 9.17) is 12.2 Å². The number of carbonyl (C=O) groups excluding carboxylic acids is 1. The number of rotatable bonds is 2. The molecule has 0 bridgehead atoms. The number of benzene rings is 1. The quantitative estimate of drug-likeness (QED) is 0.817. The van der Waals surface area contributed by atoms with Crippen molar-refractivity contribution >= 4 is 29.0 Å². The smallest absolute Gasteiger partial charge is 0.406 e. The summed E-state index contributed by atoms with van der Waals surface area (Å²) in [5, 5.41) is 5.73. The maximum absolute atomic E-state index is 12.2. The van der Waals surface area contributed by atoms with Crippen LogP contribution in [0.15, 0.2) is 24.3 Å². The largest absolute Gasteiger partial charge is 0.573 e. The van der Waals surface area contributed by atoms with Crippen molar-refractivity contribution < 1.29 is 22.7 Å². The molecular formula is C13H14F3N3O2S. The van der Waals surface area contributed by atoms with E-state index in [9.17, 15) is 18.0 Å². The summed E-state index contributed by atoms with van der Waals surface area (Å²) in [6.07, 6.45) is -4.78. The molecule has 1 aliphatic heterocycles. The van der Waals surface area contributed by atoms with E-state index >= 15 is 0 Å². The summed E-state index contributed by atoms with van der Waals surface area (Å²) in [6, 6.07) is 4.52. The molecule has 22 heavy (non-hydrogen) atoms. The topological polar surface area (TPSA) is 53.6 Å². The van der Waals surface area contributed by atoms with Crippen LogP contribution >= 0.6 is 12.2 Å².